The molecule has 1 aromatic rings. The first-order valence-electron chi connectivity index (χ1n) is 5.06. The third-order valence-corrected chi connectivity index (χ3v) is 3.05. The first kappa shape index (κ1) is 9.85. The molecule has 0 spiro atoms. The van der Waals surface area contributed by atoms with Crippen LogP contribution in [0, 0.1) is 6.92 Å². The highest BCUT2D eigenvalue weighted by molar-refractivity contribution is 6.31. The molecule has 1 aliphatic rings. The summed E-state index contributed by atoms with van der Waals surface area (Å²) >= 11 is 6.25. The van der Waals surface area contributed by atoms with Crippen molar-refractivity contribution < 1.29 is 4.74 Å². The van der Waals surface area contributed by atoms with Crippen LogP contribution in [-0.2, 0) is 6.42 Å². The highest BCUT2D eigenvalue weighted by Gasteiger charge is 2.22. The van der Waals surface area contributed by atoms with Crippen molar-refractivity contribution >= 4 is 11.6 Å². The maximum absolute atomic E-state index is 6.25. The van der Waals surface area contributed by atoms with Gasteiger partial charge in [0.1, 0.15) is 5.75 Å². The summed E-state index contributed by atoms with van der Waals surface area (Å²) in [6.45, 7) is 7.21. The Bertz CT molecular complexity index is 369. The van der Waals surface area contributed by atoms with Gasteiger partial charge in [-0.1, -0.05) is 25.4 Å². The van der Waals surface area contributed by atoms with Gasteiger partial charge in [-0.05, 0) is 30.0 Å². The van der Waals surface area contributed by atoms with Crippen LogP contribution in [0.1, 0.15) is 36.5 Å². The van der Waals surface area contributed by atoms with Crippen molar-refractivity contribution in [2.75, 3.05) is 6.61 Å². The number of ether oxygens (including phenoxy) is 1. The molecule has 0 radical (unpaired) electrons. The monoisotopic (exact) mass is 210 g/mol. The Morgan fingerprint density at radius 1 is 1.43 bits per heavy atom. The van der Waals surface area contributed by atoms with Gasteiger partial charge >= 0.3 is 0 Å². The minimum absolute atomic E-state index is 0.471. The van der Waals surface area contributed by atoms with Crippen LogP contribution < -0.4 is 4.74 Å². The summed E-state index contributed by atoms with van der Waals surface area (Å²) in [6, 6.07) is 2.01. The summed E-state index contributed by atoms with van der Waals surface area (Å²) < 4.78 is 5.62. The normalized spacial score (nSPS) is 14.4. The van der Waals surface area contributed by atoms with E-state index in [4.69, 9.17) is 16.3 Å². The molecule has 0 aromatic heterocycles. The van der Waals surface area contributed by atoms with Crippen LogP contribution in [0.2, 0.25) is 5.02 Å². The molecule has 0 amide bonds. The van der Waals surface area contributed by atoms with Gasteiger partial charge in [0.25, 0.3) is 0 Å². The van der Waals surface area contributed by atoms with Crippen molar-refractivity contribution in [1.82, 2.24) is 0 Å². The lowest BCUT2D eigenvalue weighted by Gasteiger charge is -2.14. The molecule has 0 aliphatic carbocycles. The molecule has 2 heteroatoms. The molecule has 0 saturated carbocycles. The summed E-state index contributed by atoms with van der Waals surface area (Å²) in [6.07, 6.45) is 1.00. The van der Waals surface area contributed by atoms with E-state index in [0.29, 0.717) is 5.92 Å². The molecule has 2 rings (SSSR count). The van der Waals surface area contributed by atoms with Crippen LogP contribution in [0.5, 0.6) is 5.75 Å². The van der Waals surface area contributed by atoms with Gasteiger partial charge in [-0.2, -0.15) is 0 Å². The average molecular weight is 211 g/mol. The van der Waals surface area contributed by atoms with Gasteiger partial charge in [-0.25, -0.2) is 0 Å². The predicted octanol–water partition coefficient (Wildman–Crippen LogP) is 3.71. The smallest absolute Gasteiger partial charge is 0.125 e. The summed E-state index contributed by atoms with van der Waals surface area (Å²) in [5, 5.41) is 0.891. The summed E-state index contributed by atoms with van der Waals surface area (Å²) in [4.78, 5) is 0. The molecular formula is C12H15ClO. The van der Waals surface area contributed by atoms with Crippen LogP contribution in [0.15, 0.2) is 6.07 Å². The van der Waals surface area contributed by atoms with E-state index in [1.807, 2.05) is 6.07 Å². The van der Waals surface area contributed by atoms with E-state index >= 15 is 0 Å². The van der Waals surface area contributed by atoms with E-state index in [2.05, 4.69) is 20.8 Å². The fourth-order valence-electron chi connectivity index (χ4n) is 2.17. The highest BCUT2D eigenvalue weighted by atomic mass is 35.5. The predicted molar refractivity (Wildman–Crippen MR) is 59.5 cm³/mol. The number of benzene rings is 1. The third kappa shape index (κ3) is 1.40. The lowest BCUT2D eigenvalue weighted by atomic mass is 9.94. The van der Waals surface area contributed by atoms with E-state index in [9.17, 15) is 0 Å². The molecule has 76 valence electrons. The first-order chi connectivity index (χ1) is 6.61. The minimum atomic E-state index is 0.471. The topological polar surface area (TPSA) is 9.23 Å². The van der Waals surface area contributed by atoms with Crippen LogP contribution >= 0.6 is 11.6 Å². The molecule has 0 saturated heterocycles. The molecule has 1 nitrogen and oxygen atoms in total. The molecule has 0 fully saturated rings. The Hall–Kier alpha value is -0.690. The van der Waals surface area contributed by atoms with Gasteiger partial charge in [-0.3, -0.25) is 0 Å². The molecular weight excluding hydrogens is 196 g/mol. The largest absolute Gasteiger partial charge is 0.493 e. The quantitative estimate of drug-likeness (QED) is 0.687. The second kappa shape index (κ2) is 3.47. The summed E-state index contributed by atoms with van der Waals surface area (Å²) in [5.74, 6) is 1.54. The maximum atomic E-state index is 6.25. The molecule has 1 heterocycles. The summed E-state index contributed by atoms with van der Waals surface area (Å²) in [5.41, 5.74) is 3.75. The van der Waals surface area contributed by atoms with E-state index in [1.54, 1.807) is 0 Å². The Labute approximate surface area is 90.0 Å². The van der Waals surface area contributed by atoms with Gasteiger partial charge < -0.3 is 4.74 Å². The number of hydrogen-bond acceptors (Lipinski definition) is 1. The van der Waals surface area contributed by atoms with Crippen LogP contribution in [0.25, 0.3) is 0 Å². The fraction of sp³-hybridized carbons (Fsp3) is 0.500. The minimum Gasteiger partial charge on any atom is -0.493 e. The molecule has 14 heavy (non-hydrogen) atoms. The number of fused-ring (bicyclic) bond motifs is 1. The van der Waals surface area contributed by atoms with E-state index in [1.165, 1.54) is 11.1 Å². The molecule has 0 N–H and O–H groups in total. The van der Waals surface area contributed by atoms with Crippen LogP contribution in [0.3, 0.4) is 0 Å². The van der Waals surface area contributed by atoms with Gasteiger partial charge in [0.15, 0.2) is 0 Å². The zero-order valence-electron chi connectivity index (χ0n) is 8.86. The SMILES string of the molecule is Cc1cc(Cl)c(C(C)C)c2c1OCC2. The molecule has 1 aliphatic heterocycles. The maximum Gasteiger partial charge on any atom is 0.125 e. The zero-order valence-corrected chi connectivity index (χ0v) is 9.61. The number of halogens is 1. The van der Waals surface area contributed by atoms with E-state index < -0.39 is 0 Å². The Kier molecular flexibility index (Phi) is 2.44. The van der Waals surface area contributed by atoms with Crippen molar-refractivity contribution in [1.29, 1.82) is 0 Å². The molecule has 0 unspecified atom stereocenters. The Morgan fingerprint density at radius 2 is 2.14 bits per heavy atom. The second-order valence-electron chi connectivity index (χ2n) is 4.15. The molecule has 0 atom stereocenters. The van der Waals surface area contributed by atoms with Crippen molar-refractivity contribution in [3.63, 3.8) is 0 Å². The van der Waals surface area contributed by atoms with Gasteiger partial charge in [-0.15, -0.1) is 0 Å². The third-order valence-electron chi connectivity index (χ3n) is 2.73. The summed E-state index contributed by atoms with van der Waals surface area (Å²) in [7, 11) is 0. The first-order valence-corrected chi connectivity index (χ1v) is 5.43. The lowest BCUT2D eigenvalue weighted by molar-refractivity contribution is 0.354. The molecule has 0 bridgehead atoms. The number of aryl methyl sites for hydroxylation is 1. The Morgan fingerprint density at radius 3 is 2.79 bits per heavy atom. The number of rotatable bonds is 1. The highest BCUT2D eigenvalue weighted by Crippen LogP contribution is 2.39. The Balaban J connectivity index is 2.66. The van der Waals surface area contributed by atoms with Crippen molar-refractivity contribution in [3.8, 4) is 5.75 Å². The van der Waals surface area contributed by atoms with E-state index in [0.717, 1.165) is 29.4 Å². The zero-order chi connectivity index (χ0) is 10.3. The molecule has 1 aromatic carbocycles. The van der Waals surface area contributed by atoms with Crippen LogP contribution in [0.4, 0.5) is 0 Å². The van der Waals surface area contributed by atoms with Gasteiger partial charge in [0.05, 0.1) is 6.61 Å². The lowest BCUT2D eigenvalue weighted by Crippen LogP contribution is -1.96. The standard InChI is InChI=1S/C12H15ClO/c1-7(2)11-9-4-5-14-12(9)8(3)6-10(11)13/h6-7H,4-5H2,1-3H3. The van der Waals surface area contributed by atoms with Crippen molar-refractivity contribution in [3.05, 3.63) is 27.8 Å². The van der Waals surface area contributed by atoms with Crippen LogP contribution in [-0.4, -0.2) is 6.61 Å². The number of hydrogen-bond donors (Lipinski definition) is 0. The van der Waals surface area contributed by atoms with Crippen molar-refractivity contribution in [2.24, 2.45) is 0 Å². The van der Waals surface area contributed by atoms with E-state index in [-0.39, 0.29) is 0 Å². The van der Waals surface area contributed by atoms with Gasteiger partial charge in [0, 0.05) is 17.0 Å². The van der Waals surface area contributed by atoms with Gasteiger partial charge in [0.2, 0.25) is 0 Å². The fourth-order valence-corrected chi connectivity index (χ4v) is 2.66. The van der Waals surface area contributed by atoms with Crippen molar-refractivity contribution in [2.45, 2.75) is 33.1 Å². The average Bonchev–Trinajstić information content (AvgIpc) is 2.51. The second-order valence-corrected chi connectivity index (χ2v) is 4.56.